The van der Waals surface area contributed by atoms with E-state index in [9.17, 15) is 14.0 Å². The number of nitrogens with zero attached hydrogens (tertiary/aromatic N) is 2. The number of thiophene rings is 1. The SMILES string of the molecule is O=C(CN1CCN(C(=O)c2ccccc2F)CC1)c1cccs1. The van der Waals surface area contributed by atoms with Gasteiger partial charge in [-0.1, -0.05) is 18.2 Å². The van der Waals surface area contributed by atoms with Crippen LogP contribution in [0.15, 0.2) is 41.8 Å². The number of Topliss-reactive ketones (excluding diaryl/α,β-unsaturated/α-hetero) is 1. The first-order valence-corrected chi connectivity index (χ1v) is 8.36. The Labute approximate surface area is 138 Å². The van der Waals surface area contributed by atoms with Gasteiger partial charge in [-0.05, 0) is 23.6 Å². The number of benzene rings is 1. The number of amides is 1. The lowest BCUT2D eigenvalue weighted by Gasteiger charge is -2.34. The molecule has 0 atom stereocenters. The Hall–Kier alpha value is -2.05. The molecule has 1 aliphatic heterocycles. The molecule has 2 heterocycles. The van der Waals surface area contributed by atoms with Gasteiger partial charge in [0, 0.05) is 26.2 Å². The second-order valence-corrected chi connectivity index (χ2v) is 6.40. The van der Waals surface area contributed by atoms with Crippen molar-refractivity contribution in [3.63, 3.8) is 0 Å². The number of rotatable bonds is 4. The van der Waals surface area contributed by atoms with E-state index in [2.05, 4.69) is 0 Å². The molecule has 3 rings (SSSR count). The fraction of sp³-hybridized carbons (Fsp3) is 0.294. The van der Waals surface area contributed by atoms with Gasteiger partial charge in [-0.25, -0.2) is 4.39 Å². The Morgan fingerprint density at radius 1 is 1.04 bits per heavy atom. The summed E-state index contributed by atoms with van der Waals surface area (Å²) in [6.07, 6.45) is 0. The number of carbonyl (C=O) groups excluding carboxylic acids is 2. The van der Waals surface area contributed by atoms with E-state index < -0.39 is 5.82 Å². The number of carbonyl (C=O) groups is 2. The summed E-state index contributed by atoms with van der Waals surface area (Å²) in [5, 5.41) is 1.89. The molecule has 6 heteroatoms. The predicted molar refractivity (Wildman–Crippen MR) is 87.4 cm³/mol. The second-order valence-electron chi connectivity index (χ2n) is 5.45. The van der Waals surface area contributed by atoms with Crippen LogP contribution < -0.4 is 0 Å². The molecule has 2 aromatic rings. The van der Waals surface area contributed by atoms with Gasteiger partial charge in [-0.3, -0.25) is 14.5 Å². The molecular weight excluding hydrogens is 315 g/mol. The first kappa shape index (κ1) is 15.8. The summed E-state index contributed by atoms with van der Waals surface area (Å²) >= 11 is 1.44. The van der Waals surface area contributed by atoms with Crippen molar-refractivity contribution in [1.29, 1.82) is 0 Å². The van der Waals surface area contributed by atoms with Gasteiger partial charge in [-0.15, -0.1) is 11.3 Å². The van der Waals surface area contributed by atoms with Crippen molar-refractivity contribution in [3.8, 4) is 0 Å². The molecule has 0 saturated carbocycles. The molecule has 0 N–H and O–H groups in total. The number of halogens is 1. The van der Waals surface area contributed by atoms with Crippen molar-refractivity contribution in [2.45, 2.75) is 0 Å². The Balaban J connectivity index is 1.55. The van der Waals surface area contributed by atoms with Crippen molar-refractivity contribution < 1.29 is 14.0 Å². The normalized spacial score (nSPS) is 15.6. The number of hydrogen-bond donors (Lipinski definition) is 0. The fourth-order valence-electron chi connectivity index (χ4n) is 2.63. The lowest BCUT2D eigenvalue weighted by atomic mass is 10.1. The van der Waals surface area contributed by atoms with Crippen LogP contribution in [0.1, 0.15) is 20.0 Å². The zero-order valence-electron chi connectivity index (χ0n) is 12.6. The van der Waals surface area contributed by atoms with Crippen LogP contribution in [0.2, 0.25) is 0 Å². The van der Waals surface area contributed by atoms with Crippen molar-refractivity contribution >= 4 is 23.0 Å². The number of hydrogen-bond acceptors (Lipinski definition) is 4. The van der Waals surface area contributed by atoms with Gasteiger partial charge < -0.3 is 4.90 Å². The van der Waals surface area contributed by atoms with E-state index in [1.807, 2.05) is 22.4 Å². The average Bonchev–Trinajstić information content (AvgIpc) is 3.10. The summed E-state index contributed by atoms with van der Waals surface area (Å²) in [5.41, 5.74) is 0.107. The summed E-state index contributed by atoms with van der Waals surface area (Å²) in [5.74, 6) is -0.672. The first-order chi connectivity index (χ1) is 11.1. The number of ketones is 1. The van der Waals surface area contributed by atoms with E-state index in [0.29, 0.717) is 32.7 Å². The zero-order chi connectivity index (χ0) is 16.2. The average molecular weight is 332 g/mol. The molecule has 0 bridgehead atoms. The standard InChI is InChI=1S/C17H17FN2O2S/c18-14-5-2-1-4-13(14)17(22)20-9-7-19(8-10-20)12-15(21)16-6-3-11-23-16/h1-6,11H,7-10,12H2. The maximum absolute atomic E-state index is 13.7. The van der Waals surface area contributed by atoms with E-state index >= 15 is 0 Å². The maximum Gasteiger partial charge on any atom is 0.256 e. The molecular formula is C17H17FN2O2S. The summed E-state index contributed by atoms with van der Waals surface area (Å²) in [6, 6.07) is 9.72. The van der Waals surface area contributed by atoms with Gasteiger partial charge in [0.25, 0.3) is 5.91 Å². The van der Waals surface area contributed by atoms with Crippen LogP contribution in [0.3, 0.4) is 0 Å². The van der Waals surface area contributed by atoms with Gasteiger partial charge >= 0.3 is 0 Å². The Bertz CT molecular complexity index is 694. The first-order valence-electron chi connectivity index (χ1n) is 7.48. The number of piperazine rings is 1. The van der Waals surface area contributed by atoms with Crippen molar-refractivity contribution in [1.82, 2.24) is 9.80 Å². The van der Waals surface area contributed by atoms with Crippen LogP contribution in [0, 0.1) is 5.82 Å². The molecule has 0 unspecified atom stereocenters. The van der Waals surface area contributed by atoms with Crippen molar-refractivity contribution in [2.24, 2.45) is 0 Å². The molecule has 1 amide bonds. The van der Waals surface area contributed by atoms with Crippen LogP contribution in [-0.2, 0) is 0 Å². The monoisotopic (exact) mass is 332 g/mol. The van der Waals surface area contributed by atoms with Gasteiger partial charge in [0.15, 0.2) is 5.78 Å². The largest absolute Gasteiger partial charge is 0.336 e. The Morgan fingerprint density at radius 2 is 1.78 bits per heavy atom. The fourth-order valence-corrected chi connectivity index (χ4v) is 3.29. The molecule has 4 nitrogen and oxygen atoms in total. The summed E-state index contributed by atoms with van der Waals surface area (Å²) in [4.78, 5) is 28.9. The third-order valence-electron chi connectivity index (χ3n) is 3.93. The van der Waals surface area contributed by atoms with E-state index in [-0.39, 0.29) is 17.3 Å². The van der Waals surface area contributed by atoms with Crippen molar-refractivity contribution in [3.05, 3.63) is 58.0 Å². The molecule has 1 aliphatic rings. The topological polar surface area (TPSA) is 40.6 Å². The highest BCUT2D eigenvalue weighted by atomic mass is 32.1. The second kappa shape index (κ2) is 7.02. The third kappa shape index (κ3) is 3.65. The summed E-state index contributed by atoms with van der Waals surface area (Å²) in [7, 11) is 0. The molecule has 23 heavy (non-hydrogen) atoms. The molecule has 1 aromatic heterocycles. The van der Waals surface area contributed by atoms with Crippen LogP contribution in [0.25, 0.3) is 0 Å². The smallest absolute Gasteiger partial charge is 0.256 e. The Morgan fingerprint density at radius 3 is 2.43 bits per heavy atom. The summed E-state index contributed by atoms with van der Waals surface area (Å²) in [6.45, 7) is 2.62. The van der Waals surface area contributed by atoms with Crippen LogP contribution in [0.4, 0.5) is 4.39 Å². The van der Waals surface area contributed by atoms with Crippen molar-refractivity contribution in [2.75, 3.05) is 32.7 Å². The molecule has 0 aliphatic carbocycles. The minimum Gasteiger partial charge on any atom is -0.336 e. The molecule has 1 fully saturated rings. The highest BCUT2D eigenvalue weighted by molar-refractivity contribution is 7.12. The van der Waals surface area contributed by atoms with Crippen LogP contribution in [0.5, 0.6) is 0 Å². The quantitative estimate of drug-likeness (QED) is 0.808. The Kier molecular flexibility index (Phi) is 4.83. The summed E-state index contributed by atoms with van der Waals surface area (Å²) < 4.78 is 13.7. The minimum atomic E-state index is -0.493. The van der Waals surface area contributed by atoms with Gasteiger partial charge in [0.2, 0.25) is 0 Å². The molecule has 0 spiro atoms. The molecule has 1 aromatic carbocycles. The van der Waals surface area contributed by atoms with E-state index in [0.717, 1.165) is 4.88 Å². The lowest BCUT2D eigenvalue weighted by Crippen LogP contribution is -2.50. The van der Waals surface area contributed by atoms with E-state index in [1.54, 1.807) is 17.0 Å². The molecule has 120 valence electrons. The molecule has 1 saturated heterocycles. The highest BCUT2D eigenvalue weighted by Gasteiger charge is 2.25. The van der Waals surface area contributed by atoms with Gasteiger partial charge in [0.05, 0.1) is 17.0 Å². The van der Waals surface area contributed by atoms with E-state index in [4.69, 9.17) is 0 Å². The van der Waals surface area contributed by atoms with E-state index in [1.165, 1.54) is 23.5 Å². The third-order valence-corrected chi connectivity index (χ3v) is 4.84. The minimum absolute atomic E-state index is 0.105. The van der Waals surface area contributed by atoms with Gasteiger partial charge in [0.1, 0.15) is 5.82 Å². The molecule has 0 radical (unpaired) electrons. The highest BCUT2D eigenvalue weighted by Crippen LogP contribution is 2.14. The van der Waals surface area contributed by atoms with Gasteiger partial charge in [-0.2, -0.15) is 0 Å². The predicted octanol–water partition coefficient (Wildman–Crippen LogP) is 2.53. The maximum atomic E-state index is 13.7. The lowest BCUT2D eigenvalue weighted by molar-refractivity contribution is 0.0621. The van der Waals surface area contributed by atoms with Crippen LogP contribution in [-0.4, -0.2) is 54.2 Å². The zero-order valence-corrected chi connectivity index (χ0v) is 13.4. The van der Waals surface area contributed by atoms with Crippen LogP contribution >= 0.6 is 11.3 Å².